The van der Waals surface area contributed by atoms with Crippen molar-refractivity contribution >= 4 is 5.97 Å². The Balaban J connectivity index is 0.000000461. The van der Waals surface area contributed by atoms with Crippen LogP contribution in [0.4, 0.5) is 0 Å². The molecular weight excluding hydrogens is 144 g/mol. The van der Waals surface area contributed by atoms with Crippen LogP contribution in [0.25, 0.3) is 0 Å². The number of nitrogens with one attached hydrogen (secondary N) is 1. The Bertz CT molecular complexity index is 126. The van der Waals surface area contributed by atoms with Gasteiger partial charge in [-0.2, -0.15) is 0 Å². The van der Waals surface area contributed by atoms with Crippen molar-refractivity contribution in [1.82, 2.24) is 5.32 Å². The highest BCUT2D eigenvalue weighted by atomic mass is 16.4. The Morgan fingerprint density at radius 1 is 1.55 bits per heavy atom. The Morgan fingerprint density at radius 2 is 2.09 bits per heavy atom. The summed E-state index contributed by atoms with van der Waals surface area (Å²) < 4.78 is 0. The maximum absolute atomic E-state index is 10.3. The quantitative estimate of drug-likeness (QED) is 0.516. The second-order valence-electron chi connectivity index (χ2n) is 2.42. The van der Waals surface area contributed by atoms with Crippen molar-refractivity contribution in [3.8, 4) is 0 Å². The molecule has 0 heterocycles. The standard InChI is InChI=1S/C6H11NO2.CH5N/c1-7-5-3-2-4(5)6(8)9;1-2/h4-5,7H,2-3H2,1H3,(H,8,9);2H2,1H3. The number of aliphatic carboxylic acids is 1. The maximum atomic E-state index is 10.3. The first-order valence-electron chi connectivity index (χ1n) is 3.73. The predicted molar refractivity (Wildman–Crippen MR) is 43.3 cm³/mol. The van der Waals surface area contributed by atoms with Crippen LogP contribution in [0.15, 0.2) is 0 Å². The first-order valence-corrected chi connectivity index (χ1v) is 3.73. The molecule has 0 aromatic rings. The van der Waals surface area contributed by atoms with E-state index in [0.717, 1.165) is 12.8 Å². The minimum atomic E-state index is -0.666. The molecular formula is C7H16N2O2. The van der Waals surface area contributed by atoms with Gasteiger partial charge in [0.1, 0.15) is 0 Å². The van der Waals surface area contributed by atoms with Crippen LogP contribution in [0.2, 0.25) is 0 Å². The number of nitrogens with two attached hydrogens (primary N) is 1. The summed E-state index contributed by atoms with van der Waals surface area (Å²) in [5, 5.41) is 11.4. The summed E-state index contributed by atoms with van der Waals surface area (Å²) in [5.74, 6) is -0.796. The summed E-state index contributed by atoms with van der Waals surface area (Å²) in [6.07, 6.45) is 1.84. The maximum Gasteiger partial charge on any atom is 0.308 e. The number of carboxylic acids is 1. The highest BCUT2D eigenvalue weighted by Crippen LogP contribution is 2.26. The third kappa shape index (κ3) is 2.48. The average Bonchev–Trinajstić information content (AvgIpc) is 1.89. The Kier molecular flexibility index (Phi) is 4.81. The number of carbonyl (C=O) groups is 1. The van der Waals surface area contributed by atoms with Crippen LogP contribution < -0.4 is 11.1 Å². The van der Waals surface area contributed by atoms with E-state index in [0.29, 0.717) is 0 Å². The third-order valence-electron chi connectivity index (χ3n) is 1.96. The molecule has 4 heteroatoms. The van der Waals surface area contributed by atoms with Crippen molar-refractivity contribution in [2.75, 3.05) is 14.1 Å². The van der Waals surface area contributed by atoms with Crippen molar-refractivity contribution in [3.63, 3.8) is 0 Å². The molecule has 11 heavy (non-hydrogen) atoms. The van der Waals surface area contributed by atoms with Crippen LogP contribution in [-0.2, 0) is 4.79 Å². The molecule has 66 valence electrons. The second-order valence-corrected chi connectivity index (χ2v) is 2.42. The van der Waals surface area contributed by atoms with Crippen molar-refractivity contribution in [2.24, 2.45) is 11.7 Å². The molecule has 0 aromatic carbocycles. The summed E-state index contributed by atoms with van der Waals surface area (Å²) in [7, 11) is 3.31. The zero-order valence-corrected chi connectivity index (χ0v) is 7.00. The molecule has 4 nitrogen and oxygen atoms in total. The summed E-state index contributed by atoms with van der Waals surface area (Å²) in [5.41, 5.74) is 4.50. The van der Waals surface area contributed by atoms with E-state index in [1.54, 1.807) is 7.05 Å². The van der Waals surface area contributed by atoms with Gasteiger partial charge in [0, 0.05) is 6.04 Å². The van der Waals surface area contributed by atoms with Gasteiger partial charge >= 0.3 is 5.97 Å². The van der Waals surface area contributed by atoms with E-state index < -0.39 is 5.97 Å². The smallest absolute Gasteiger partial charge is 0.308 e. The fraction of sp³-hybridized carbons (Fsp3) is 0.857. The van der Waals surface area contributed by atoms with E-state index in [2.05, 4.69) is 11.1 Å². The summed E-state index contributed by atoms with van der Waals surface area (Å²) in [4.78, 5) is 10.3. The topological polar surface area (TPSA) is 75.3 Å². The van der Waals surface area contributed by atoms with Gasteiger partial charge in [-0.15, -0.1) is 0 Å². The van der Waals surface area contributed by atoms with Gasteiger partial charge in [-0.1, -0.05) is 0 Å². The fourth-order valence-corrected chi connectivity index (χ4v) is 1.14. The number of hydrogen-bond donors (Lipinski definition) is 3. The van der Waals surface area contributed by atoms with Crippen LogP contribution in [0.5, 0.6) is 0 Å². The fourth-order valence-electron chi connectivity index (χ4n) is 1.14. The lowest BCUT2D eigenvalue weighted by Gasteiger charge is -2.32. The molecule has 0 spiro atoms. The normalized spacial score (nSPS) is 27.9. The first-order chi connectivity index (χ1) is 5.25. The van der Waals surface area contributed by atoms with Crippen molar-refractivity contribution in [1.29, 1.82) is 0 Å². The monoisotopic (exact) mass is 160 g/mol. The molecule has 0 aliphatic heterocycles. The van der Waals surface area contributed by atoms with E-state index >= 15 is 0 Å². The Labute approximate surface area is 66.8 Å². The second kappa shape index (κ2) is 5.09. The molecule has 0 saturated heterocycles. The molecule has 1 fully saturated rings. The van der Waals surface area contributed by atoms with Crippen molar-refractivity contribution < 1.29 is 9.90 Å². The summed E-state index contributed by atoms with van der Waals surface area (Å²) in [6, 6.07) is 0.225. The molecule has 0 radical (unpaired) electrons. The predicted octanol–water partition coefficient (Wildman–Crippen LogP) is -0.356. The lowest BCUT2D eigenvalue weighted by molar-refractivity contribution is -0.145. The Hall–Kier alpha value is -0.610. The van der Waals surface area contributed by atoms with E-state index in [1.807, 2.05) is 0 Å². The van der Waals surface area contributed by atoms with E-state index in [4.69, 9.17) is 5.11 Å². The van der Waals surface area contributed by atoms with Gasteiger partial charge in [-0.05, 0) is 26.9 Å². The highest BCUT2D eigenvalue weighted by molar-refractivity contribution is 5.72. The molecule has 1 rings (SSSR count). The van der Waals surface area contributed by atoms with Crippen LogP contribution in [-0.4, -0.2) is 31.2 Å². The first kappa shape index (κ1) is 10.4. The van der Waals surface area contributed by atoms with Crippen LogP contribution in [0.3, 0.4) is 0 Å². The van der Waals surface area contributed by atoms with Gasteiger partial charge in [-0.25, -0.2) is 0 Å². The van der Waals surface area contributed by atoms with Gasteiger partial charge in [0.2, 0.25) is 0 Å². The van der Waals surface area contributed by atoms with Gasteiger partial charge in [0.15, 0.2) is 0 Å². The lowest BCUT2D eigenvalue weighted by Crippen LogP contribution is -2.45. The molecule has 1 saturated carbocycles. The van der Waals surface area contributed by atoms with Crippen molar-refractivity contribution in [3.05, 3.63) is 0 Å². The molecule has 0 amide bonds. The van der Waals surface area contributed by atoms with E-state index in [9.17, 15) is 4.79 Å². The third-order valence-corrected chi connectivity index (χ3v) is 1.96. The number of rotatable bonds is 2. The largest absolute Gasteiger partial charge is 0.481 e. The van der Waals surface area contributed by atoms with Crippen molar-refractivity contribution in [2.45, 2.75) is 18.9 Å². The van der Waals surface area contributed by atoms with Gasteiger partial charge < -0.3 is 16.2 Å². The Morgan fingerprint density at radius 3 is 2.18 bits per heavy atom. The molecule has 4 N–H and O–H groups in total. The summed E-state index contributed by atoms with van der Waals surface area (Å²) in [6.45, 7) is 0. The van der Waals surface area contributed by atoms with Gasteiger partial charge in [0.05, 0.1) is 5.92 Å². The SMILES string of the molecule is CN.CNC1CCC1C(=O)O. The van der Waals surface area contributed by atoms with Crippen LogP contribution in [0.1, 0.15) is 12.8 Å². The van der Waals surface area contributed by atoms with E-state index in [1.165, 1.54) is 7.05 Å². The van der Waals surface area contributed by atoms with E-state index in [-0.39, 0.29) is 12.0 Å². The zero-order chi connectivity index (χ0) is 8.85. The molecule has 0 bridgehead atoms. The molecule has 2 atom stereocenters. The highest BCUT2D eigenvalue weighted by Gasteiger charge is 2.34. The van der Waals surface area contributed by atoms with Gasteiger partial charge in [0.25, 0.3) is 0 Å². The van der Waals surface area contributed by atoms with Gasteiger partial charge in [-0.3, -0.25) is 4.79 Å². The average molecular weight is 160 g/mol. The lowest BCUT2D eigenvalue weighted by atomic mass is 9.80. The summed E-state index contributed by atoms with van der Waals surface area (Å²) >= 11 is 0. The minimum absolute atomic E-state index is 0.130. The van der Waals surface area contributed by atoms with Crippen LogP contribution in [0, 0.1) is 5.92 Å². The minimum Gasteiger partial charge on any atom is -0.481 e. The number of hydrogen-bond acceptors (Lipinski definition) is 3. The molecule has 1 aliphatic rings. The number of carboxylic acid groups (broad SMARTS) is 1. The molecule has 1 aliphatic carbocycles. The molecule has 0 aromatic heterocycles. The molecule has 2 unspecified atom stereocenters. The zero-order valence-electron chi connectivity index (χ0n) is 7.00. The van der Waals surface area contributed by atoms with Crippen LogP contribution >= 0.6 is 0 Å².